The lowest BCUT2D eigenvalue weighted by molar-refractivity contribution is -0.141. The summed E-state index contributed by atoms with van der Waals surface area (Å²) in [6.45, 7) is 1.88. The maximum Gasteiger partial charge on any atom is 0.306 e. The van der Waals surface area contributed by atoms with E-state index in [1.54, 1.807) is 0 Å². The van der Waals surface area contributed by atoms with E-state index in [1.807, 2.05) is 0 Å². The summed E-state index contributed by atoms with van der Waals surface area (Å²) in [7, 11) is 0. The van der Waals surface area contributed by atoms with Crippen LogP contribution in [0.15, 0.2) is 6.20 Å². The summed E-state index contributed by atoms with van der Waals surface area (Å²) in [4.78, 5) is 24.4. The monoisotopic (exact) mass is 283 g/mol. The normalized spacial score (nSPS) is 19.1. The first-order valence-corrected chi connectivity index (χ1v) is 6.33. The molecule has 2 rings (SSSR count). The number of carboxylic acids is 1. The van der Waals surface area contributed by atoms with Crippen LogP contribution in [0.25, 0.3) is 0 Å². The number of carbonyl (C=O) groups excluding carboxylic acids is 1. The molecule has 2 heterocycles. The van der Waals surface area contributed by atoms with Crippen molar-refractivity contribution in [2.45, 2.75) is 19.1 Å². The fourth-order valence-corrected chi connectivity index (χ4v) is 2.02. The smallest absolute Gasteiger partial charge is 0.306 e. The van der Waals surface area contributed by atoms with Crippen molar-refractivity contribution in [2.24, 2.45) is 5.73 Å². The largest absolute Gasteiger partial charge is 0.481 e. The molecule has 1 aliphatic heterocycles. The first kappa shape index (κ1) is 14.4. The minimum atomic E-state index is -0.946. The fraction of sp³-hybridized carbons (Fsp3) is 0.636. The number of carboxylic acid groups (broad SMARTS) is 1. The van der Waals surface area contributed by atoms with Gasteiger partial charge < -0.3 is 20.5 Å². The molecular formula is C11H17N5O4. The van der Waals surface area contributed by atoms with E-state index in [4.69, 9.17) is 15.6 Å². The van der Waals surface area contributed by atoms with Crippen LogP contribution in [-0.2, 0) is 16.1 Å². The molecule has 110 valence electrons. The topological polar surface area (TPSA) is 124 Å². The third-order valence-corrected chi connectivity index (χ3v) is 2.94. The second-order valence-corrected chi connectivity index (χ2v) is 4.50. The lowest BCUT2D eigenvalue weighted by Crippen LogP contribution is -2.46. The van der Waals surface area contributed by atoms with Crippen molar-refractivity contribution in [2.75, 3.05) is 26.2 Å². The van der Waals surface area contributed by atoms with Gasteiger partial charge in [-0.05, 0) is 0 Å². The first-order valence-electron chi connectivity index (χ1n) is 6.33. The maximum absolute atomic E-state index is 12.2. The lowest BCUT2D eigenvalue weighted by atomic mass is 10.2. The number of hydrogen-bond donors (Lipinski definition) is 2. The van der Waals surface area contributed by atoms with Crippen LogP contribution in [0.1, 0.15) is 16.9 Å². The van der Waals surface area contributed by atoms with E-state index in [0.29, 0.717) is 26.2 Å². The Morgan fingerprint density at radius 3 is 3.05 bits per heavy atom. The second kappa shape index (κ2) is 6.44. The standard InChI is InChI=1S/C11H17N5O4/c12-1-2-16-7-9(13-14-16)11(19)15-3-4-20-8(6-15)5-10(17)18/h7-8H,1-6,12H2,(H,17,18). The van der Waals surface area contributed by atoms with Gasteiger partial charge in [0.15, 0.2) is 5.69 Å². The molecule has 9 heteroatoms. The van der Waals surface area contributed by atoms with Gasteiger partial charge in [-0.25, -0.2) is 0 Å². The van der Waals surface area contributed by atoms with Crippen LogP contribution in [0.2, 0.25) is 0 Å². The molecule has 1 fully saturated rings. The highest BCUT2D eigenvalue weighted by Gasteiger charge is 2.27. The third kappa shape index (κ3) is 3.52. The molecule has 1 saturated heterocycles. The van der Waals surface area contributed by atoms with Crippen molar-refractivity contribution in [3.63, 3.8) is 0 Å². The Balaban J connectivity index is 1.98. The van der Waals surface area contributed by atoms with Crippen molar-refractivity contribution < 1.29 is 19.4 Å². The number of nitrogens with two attached hydrogens (primary N) is 1. The van der Waals surface area contributed by atoms with Crippen molar-refractivity contribution in [1.29, 1.82) is 0 Å². The quantitative estimate of drug-likeness (QED) is 0.677. The van der Waals surface area contributed by atoms with E-state index in [0.717, 1.165) is 0 Å². The Labute approximate surface area is 115 Å². The van der Waals surface area contributed by atoms with Crippen LogP contribution in [-0.4, -0.2) is 69.2 Å². The van der Waals surface area contributed by atoms with E-state index in [2.05, 4.69) is 10.3 Å². The molecular weight excluding hydrogens is 266 g/mol. The number of nitrogens with zero attached hydrogens (tertiary/aromatic N) is 4. The lowest BCUT2D eigenvalue weighted by Gasteiger charge is -2.31. The summed E-state index contributed by atoms with van der Waals surface area (Å²) in [5.74, 6) is -1.22. The van der Waals surface area contributed by atoms with Crippen LogP contribution in [0.4, 0.5) is 0 Å². The van der Waals surface area contributed by atoms with Gasteiger partial charge in [-0.2, -0.15) is 0 Å². The van der Waals surface area contributed by atoms with Crippen molar-refractivity contribution in [3.05, 3.63) is 11.9 Å². The molecule has 0 bridgehead atoms. The molecule has 0 aliphatic carbocycles. The predicted octanol–water partition coefficient (Wildman–Crippen LogP) is -1.45. The van der Waals surface area contributed by atoms with Gasteiger partial charge in [0.2, 0.25) is 0 Å². The molecule has 1 atom stereocenters. The molecule has 20 heavy (non-hydrogen) atoms. The highest BCUT2D eigenvalue weighted by Crippen LogP contribution is 2.11. The second-order valence-electron chi connectivity index (χ2n) is 4.50. The van der Waals surface area contributed by atoms with Gasteiger partial charge in [0.1, 0.15) is 0 Å². The Kier molecular flexibility index (Phi) is 4.64. The van der Waals surface area contributed by atoms with Gasteiger partial charge >= 0.3 is 5.97 Å². The molecule has 0 saturated carbocycles. The summed E-state index contributed by atoms with van der Waals surface area (Å²) < 4.78 is 6.82. The predicted molar refractivity (Wildman–Crippen MR) is 67.0 cm³/mol. The summed E-state index contributed by atoms with van der Waals surface area (Å²) in [5.41, 5.74) is 5.63. The minimum Gasteiger partial charge on any atom is -0.481 e. The van der Waals surface area contributed by atoms with Gasteiger partial charge in [-0.1, -0.05) is 5.21 Å². The molecule has 1 aromatic heterocycles. The number of aliphatic carboxylic acids is 1. The summed E-state index contributed by atoms with van der Waals surface area (Å²) in [6.07, 6.45) is 0.935. The molecule has 0 radical (unpaired) electrons. The molecule has 0 aromatic carbocycles. The number of amides is 1. The number of ether oxygens (including phenoxy) is 1. The zero-order valence-corrected chi connectivity index (χ0v) is 10.9. The zero-order valence-electron chi connectivity index (χ0n) is 10.9. The first-order chi connectivity index (χ1) is 9.60. The van der Waals surface area contributed by atoms with E-state index >= 15 is 0 Å². The van der Waals surface area contributed by atoms with Crippen LogP contribution in [0.3, 0.4) is 0 Å². The van der Waals surface area contributed by atoms with Gasteiger partial charge in [-0.15, -0.1) is 5.10 Å². The minimum absolute atomic E-state index is 0.121. The average Bonchev–Trinajstić information content (AvgIpc) is 2.86. The number of carbonyl (C=O) groups is 2. The van der Waals surface area contributed by atoms with E-state index in [-0.39, 0.29) is 24.6 Å². The van der Waals surface area contributed by atoms with Crippen molar-refractivity contribution in [3.8, 4) is 0 Å². The Morgan fingerprint density at radius 2 is 2.35 bits per heavy atom. The average molecular weight is 283 g/mol. The van der Waals surface area contributed by atoms with E-state index in [1.165, 1.54) is 15.8 Å². The van der Waals surface area contributed by atoms with E-state index in [9.17, 15) is 9.59 Å². The third-order valence-electron chi connectivity index (χ3n) is 2.94. The Hall–Kier alpha value is -2.00. The highest BCUT2D eigenvalue weighted by atomic mass is 16.5. The molecule has 3 N–H and O–H groups in total. The summed E-state index contributed by atoms with van der Waals surface area (Å²) in [5, 5.41) is 16.4. The van der Waals surface area contributed by atoms with Crippen molar-refractivity contribution in [1.82, 2.24) is 19.9 Å². The maximum atomic E-state index is 12.2. The van der Waals surface area contributed by atoms with Crippen LogP contribution >= 0.6 is 0 Å². The zero-order chi connectivity index (χ0) is 14.5. The van der Waals surface area contributed by atoms with Gasteiger partial charge in [0.05, 0.1) is 31.9 Å². The Bertz CT molecular complexity index is 489. The summed E-state index contributed by atoms with van der Waals surface area (Å²) >= 11 is 0. The fourth-order valence-electron chi connectivity index (χ4n) is 2.02. The van der Waals surface area contributed by atoms with E-state index < -0.39 is 12.1 Å². The van der Waals surface area contributed by atoms with Gasteiger partial charge in [0, 0.05) is 19.6 Å². The molecule has 1 aliphatic rings. The molecule has 1 aromatic rings. The van der Waals surface area contributed by atoms with Gasteiger partial charge in [0.25, 0.3) is 5.91 Å². The molecule has 1 unspecified atom stereocenters. The van der Waals surface area contributed by atoms with Gasteiger partial charge in [-0.3, -0.25) is 14.3 Å². The Morgan fingerprint density at radius 1 is 1.55 bits per heavy atom. The van der Waals surface area contributed by atoms with Crippen LogP contribution in [0.5, 0.6) is 0 Å². The molecule has 9 nitrogen and oxygen atoms in total. The number of aromatic nitrogens is 3. The molecule has 1 amide bonds. The molecule has 0 spiro atoms. The summed E-state index contributed by atoms with van der Waals surface area (Å²) in [6, 6.07) is 0. The SMILES string of the molecule is NCCn1cc(C(=O)N2CCOC(CC(=O)O)C2)nn1. The number of morpholine rings is 1. The number of rotatable bonds is 5. The van der Waals surface area contributed by atoms with Crippen LogP contribution in [0, 0.1) is 0 Å². The highest BCUT2D eigenvalue weighted by molar-refractivity contribution is 5.92. The van der Waals surface area contributed by atoms with Crippen molar-refractivity contribution >= 4 is 11.9 Å². The van der Waals surface area contributed by atoms with Crippen LogP contribution < -0.4 is 5.73 Å². The number of hydrogen-bond acceptors (Lipinski definition) is 6.